The van der Waals surface area contributed by atoms with Crippen molar-refractivity contribution in [1.82, 2.24) is 4.57 Å². The van der Waals surface area contributed by atoms with Crippen molar-refractivity contribution in [2.45, 2.75) is 13.5 Å². The van der Waals surface area contributed by atoms with Gasteiger partial charge in [0, 0.05) is 6.54 Å². The van der Waals surface area contributed by atoms with Gasteiger partial charge in [-0.2, -0.15) is 5.26 Å². The van der Waals surface area contributed by atoms with Gasteiger partial charge in [0.05, 0.1) is 0 Å². The third-order valence-corrected chi connectivity index (χ3v) is 4.42. The van der Waals surface area contributed by atoms with Crippen LogP contribution in [0.5, 0.6) is 0 Å². The molecule has 0 atom stereocenters. The number of esters is 1. The van der Waals surface area contributed by atoms with Gasteiger partial charge in [0.25, 0.3) is 5.56 Å². The first kappa shape index (κ1) is 19.1. The first-order chi connectivity index (χ1) is 12.5. The van der Waals surface area contributed by atoms with Crippen LogP contribution in [0.25, 0.3) is 17.4 Å². The zero-order chi connectivity index (χ0) is 19.1. The van der Waals surface area contributed by atoms with E-state index in [4.69, 9.17) is 4.74 Å². The fourth-order valence-electron chi connectivity index (χ4n) is 2.07. The van der Waals surface area contributed by atoms with E-state index >= 15 is 0 Å². The van der Waals surface area contributed by atoms with Gasteiger partial charge in [0.15, 0.2) is 5.57 Å². The minimum atomic E-state index is -0.815. The summed E-state index contributed by atoms with van der Waals surface area (Å²) in [6, 6.07) is 7.50. The molecule has 0 fully saturated rings. The summed E-state index contributed by atoms with van der Waals surface area (Å²) in [7, 11) is 0. The lowest BCUT2D eigenvalue weighted by molar-refractivity contribution is -0.135. The predicted molar refractivity (Wildman–Crippen MR) is 98.0 cm³/mol. The van der Waals surface area contributed by atoms with Gasteiger partial charge in [-0.1, -0.05) is 30.5 Å². The molecular formula is C19H15FN2O3S. The van der Waals surface area contributed by atoms with E-state index in [0.29, 0.717) is 5.56 Å². The van der Waals surface area contributed by atoms with Crippen LogP contribution in [-0.2, 0) is 16.1 Å². The third-order valence-electron chi connectivity index (χ3n) is 3.30. The molecule has 0 aliphatic carbocycles. The van der Waals surface area contributed by atoms with Gasteiger partial charge in [-0.05, 0) is 30.7 Å². The Labute approximate surface area is 152 Å². The minimum Gasteiger partial charge on any atom is -0.457 e. The van der Waals surface area contributed by atoms with Crippen molar-refractivity contribution in [1.29, 1.82) is 5.26 Å². The van der Waals surface area contributed by atoms with E-state index in [1.807, 2.05) is 0 Å². The summed E-state index contributed by atoms with van der Waals surface area (Å²) in [5, 5.41) is 9.32. The Balaban J connectivity index is 2.67. The lowest BCUT2D eigenvalue weighted by Gasteiger charge is -2.00. The van der Waals surface area contributed by atoms with Crippen molar-refractivity contribution in [3.8, 4) is 6.07 Å². The van der Waals surface area contributed by atoms with Crippen LogP contribution in [-0.4, -0.2) is 17.1 Å². The maximum Gasteiger partial charge on any atom is 0.352 e. The predicted octanol–water partition coefficient (Wildman–Crippen LogP) is 1.57. The van der Waals surface area contributed by atoms with Crippen LogP contribution in [0.1, 0.15) is 12.5 Å². The molecule has 0 spiro atoms. The number of hydrogen-bond acceptors (Lipinski definition) is 5. The fraction of sp³-hybridized carbons (Fsp3) is 0.158. The van der Waals surface area contributed by atoms with Crippen molar-refractivity contribution in [2.24, 2.45) is 0 Å². The summed E-state index contributed by atoms with van der Waals surface area (Å²) >= 11 is 0.975. The van der Waals surface area contributed by atoms with E-state index in [2.05, 4.69) is 12.3 Å². The fourth-order valence-corrected chi connectivity index (χ4v) is 3.13. The first-order valence-electron chi connectivity index (χ1n) is 7.66. The van der Waals surface area contributed by atoms with E-state index < -0.39 is 5.97 Å². The van der Waals surface area contributed by atoms with E-state index in [-0.39, 0.29) is 39.3 Å². The molecule has 0 unspecified atom stereocenters. The summed E-state index contributed by atoms with van der Waals surface area (Å²) in [5.74, 6) is -1.18. The van der Waals surface area contributed by atoms with Gasteiger partial charge in [-0.15, -0.1) is 11.3 Å². The Kier molecular flexibility index (Phi) is 6.45. The molecule has 26 heavy (non-hydrogen) atoms. The molecule has 5 nitrogen and oxygen atoms in total. The average Bonchev–Trinajstić information content (AvgIpc) is 2.95. The summed E-state index contributed by atoms with van der Waals surface area (Å²) in [6.07, 6.45) is 2.93. The van der Waals surface area contributed by atoms with Crippen LogP contribution >= 0.6 is 11.3 Å². The molecule has 0 aliphatic heterocycles. The molecule has 0 bridgehead atoms. The van der Waals surface area contributed by atoms with Gasteiger partial charge in [-0.3, -0.25) is 9.36 Å². The smallest absolute Gasteiger partial charge is 0.352 e. The number of hydrogen-bond donors (Lipinski definition) is 0. The van der Waals surface area contributed by atoms with Crippen molar-refractivity contribution >= 4 is 34.7 Å². The highest BCUT2D eigenvalue weighted by Crippen LogP contribution is 2.03. The maximum absolute atomic E-state index is 12.9. The minimum absolute atomic E-state index is 0.0325. The van der Waals surface area contributed by atoms with Crippen LogP contribution in [0.2, 0.25) is 0 Å². The van der Waals surface area contributed by atoms with E-state index in [1.165, 1.54) is 22.8 Å². The normalized spacial score (nSPS) is 11.1. The molecule has 132 valence electrons. The van der Waals surface area contributed by atoms with Crippen LogP contribution < -0.4 is 14.8 Å². The Bertz CT molecular complexity index is 1080. The number of nitrogens with zero attached hydrogens (tertiary/aromatic N) is 2. The number of carbonyl (C=O) groups is 1. The summed E-state index contributed by atoms with van der Waals surface area (Å²) < 4.78 is 19.6. The second kappa shape index (κ2) is 8.77. The number of thiazole rings is 1. The van der Waals surface area contributed by atoms with E-state index in [9.17, 15) is 19.2 Å². The second-order valence-corrected chi connectivity index (χ2v) is 6.00. The first-order valence-corrected chi connectivity index (χ1v) is 8.47. The molecule has 0 saturated heterocycles. The standard InChI is InChI=1S/C19H15FN2O3S/c1-3-11-25-19(24)15(12-21)18-22(4-2)17(23)16(26-18)10-7-13-5-8-14(20)9-6-13/h3,5-9H,1,4,11H2,2H3/b18-15-. The summed E-state index contributed by atoms with van der Waals surface area (Å²) in [6.45, 7) is 5.42. The molecule has 0 aliphatic rings. The van der Waals surface area contributed by atoms with Gasteiger partial charge in [0.1, 0.15) is 27.7 Å². The lowest BCUT2D eigenvalue weighted by Crippen LogP contribution is -2.32. The number of rotatable bonds is 5. The molecule has 0 radical (unpaired) electrons. The van der Waals surface area contributed by atoms with Gasteiger partial charge >= 0.3 is 5.97 Å². The van der Waals surface area contributed by atoms with E-state index in [0.717, 1.165) is 11.3 Å². The van der Waals surface area contributed by atoms with Gasteiger partial charge < -0.3 is 4.74 Å². The highest BCUT2D eigenvalue weighted by molar-refractivity contribution is 7.07. The molecule has 2 aromatic rings. The van der Waals surface area contributed by atoms with Crippen molar-refractivity contribution in [2.75, 3.05) is 6.61 Å². The highest BCUT2D eigenvalue weighted by atomic mass is 32.1. The second-order valence-electron chi connectivity index (χ2n) is 5.00. The molecule has 7 heteroatoms. The number of halogens is 1. The molecule has 1 aromatic heterocycles. The topological polar surface area (TPSA) is 72.1 Å². The Morgan fingerprint density at radius 1 is 1.42 bits per heavy atom. The average molecular weight is 370 g/mol. The van der Waals surface area contributed by atoms with Crippen LogP contribution in [0.4, 0.5) is 4.39 Å². The zero-order valence-electron chi connectivity index (χ0n) is 14.0. The lowest BCUT2D eigenvalue weighted by atomic mass is 10.2. The van der Waals surface area contributed by atoms with Gasteiger partial charge in [-0.25, -0.2) is 9.18 Å². The third kappa shape index (κ3) is 4.25. The quantitative estimate of drug-likeness (QED) is 0.592. The molecule has 0 N–H and O–H groups in total. The van der Waals surface area contributed by atoms with Gasteiger partial charge in [0.2, 0.25) is 0 Å². The number of carbonyl (C=O) groups excluding carboxylic acids is 1. The number of nitriles is 1. The monoisotopic (exact) mass is 370 g/mol. The molecular weight excluding hydrogens is 355 g/mol. The zero-order valence-corrected chi connectivity index (χ0v) is 14.8. The summed E-state index contributed by atoms with van der Waals surface area (Å²) in [5.41, 5.74) is 2.91. The molecule has 2 rings (SSSR count). The SMILES string of the molecule is C=CCOC(=O)/C(C#N)=c1\sc(=C=Cc2ccc(F)cc2)c(=O)n1CC. The molecule has 1 aromatic carbocycles. The Morgan fingerprint density at radius 3 is 2.69 bits per heavy atom. The van der Waals surface area contributed by atoms with Crippen LogP contribution in [0.15, 0.2) is 41.7 Å². The highest BCUT2D eigenvalue weighted by Gasteiger charge is 2.16. The van der Waals surface area contributed by atoms with Crippen molar-refractivity contribution in [3.05, 3.63) is 67.9 Å². The number of benzene rings is 1. The number of aromatic nitrogens is 1. The molecule has 0 saturated carbocycles. The van der Waals surface area contributed by atoms with E-state index in [1.54, 1.807) is 31.2 Å². The van der Waals surface area contributed by atoms with Crippen LogP contribution in [0.3, 0.4) is 0 Å². The molecule has 1 heterocycles. The van der Waals surface area contributed by atoms with Crippen molar-refractivity contribution in [3.63, 3.8) is 0 Å². The largest absolute Gasteiger partial charge is 0.457 e. The van der Waals surface area contributed by atoms with Crippen molar-refractivity contribution < 1.29 is 13.9 Å². The maximum atomic E-state index is 12.9. The summed E-state index contributed by atoms with van der Waals surface area (Å²) in [4.78, 5) is 24.5. The van der Waals surface area contributed by atoms with Crippen LogP contribution in [0, 0.1) is 17.1 Å². The Hall–Kier alpha value is -3.20. The number of ether oxygens (including phenoxy) is 1. The molecule has 0 amide bonds. The Morgan fingerprint density at radius 2 is 2.12 bits per heavy atom.